The Morgan fingerprint density at radius 2 is 1.97 bits per heavy atom. The number of aryl methyl sites for hydroxylation is 2. The van der Waals surface area contributed by atoms with E-state index in [4.69, 9.17) is 11.6 Å². The van der Waals surface area contributed by atoms with Crippen LogP contribution in [0.2, 0.25) is 5.02 Å². The number of fused-ring (bicyclic) bond motifs is 2. The summed E-state index contributed by atoms with van der Waals surface area (Å²) >= 11 is 7.51. The fourth-order valence-electron chi connectivity index (χ4n) is 6.06. The van der Waals surface area contributed by atoms with Gasteiger partial charge in [0.15, 0.2) is 0 Å². The largest absolute Gasteiger partial charge is 0.349 e. The van der Waals surface area contributed by atoms with Crippen LogP contribution in [0.1, 0.15) is 52.3 Å². The molecule has 2 aromatic heterocycles. The molecule has 6 rings (SSSR count). The zero-order valence-corrected chi connectivity index (χ0v) is 22.8. The molecular formula is C27H28ClFN6O2S. The lowest BCUT2D eigenvalue weighted by molar-refractivity contribution is -0.124. The number of anilines is 2. The van der Waals surface area contributed by atoms with E-state index >= 15 is 4.39 Å². The SMILES string of the molecule is Cc1nnc(N2CC3(C2)C(=O)N(CC2CCC(NC(=O)c4cc(Cl)cnc4C)CC2)c2cccc(F)c23)s1. The van der Waals surface area contributed by atoms with Crippen LogP contribution in [0.4, 0.5) is 15.2 Å². The molecule has 1 N–H and O–H groups in total. The molecule has 0 unspecified atom stereocenters. The van der Waals surface area contributed by atoms with Crippen molar-refractivity contribution in [2.45, 2.75) is 51.0 Å². The lowest BCUT2D eigenvalue weighted by Gasteiger charge is -2.46. The standard InChI is InChI=1S/C27H28ClFN6O2S/c1-15-20(10-18(28)11-30-15)24(36)31-19-8-6-17(7-9-19)12-35-22-5-3-4-21(29)23(22)27(25(35)37)13-34(14-27)26-33-32-16(2)38-26/h3-5,10-11,17,19H,6-9,12-14H2,1-2H3,(H,31,36). The van der Waals surface area contributed by atoms with Crippen molar-refractivity contribution in [3.05, 3.63) is 63.1 Å². The molecule has 2 fully saturated rings. The maximum atomic E-state index is 15.2. The highest BCUT2D eigenvalue weighted by Crippen LogP contribution is 2.50. The van der Waals surface area contributed by atoms with Crippen molar-refractivity contribution in [2.75, 3.05) is 29.4 Å². The Morgan fingerprint density at radius 3 is 2.68 bits per heavy atom. The summed E-state index contributed by atoms with van der Waals surface area (Å²) in [6, 6.07) is 6.68. The molecule has 3 aliphatic rings. The van der Waals surface area contributed by atoms with E-state index in [1.807, 2.05) is 17.9 Å². The highest BCUT2D eigenvalue weighted by Gasteiger charge is 2.60. The molecule has 2 aliphatic heterocycles. The first kappa shape index (κ1) is 25.2. The number of halogens is 2. The number of pyridine rings is 1. The van der Waals surface area contributed by atoms with Crippen molar-refractivity contribution in [1.29, 1.82) is 0 Å². The van der Waals surface area contributed by atoms with Gasteiger partial charge in [-0.1, -0.05) is 29.0 Å². The summed E-state index contributed by atoms with van der Waals surface area (Å²) in [7, 11) is 0. The Kier molecular flexibility index (Phi) is 6.34. The van der Waals surface area contributed by atoms with Crippen molar-refractivity contribution < 1.29 is 14.0 Å². The summed E-state index contributed by atoms with van der Waals surface area (Å²) in [5.74, 6) is -0.254. The summed E-state index contributed by atoms with van der Waals surface area (Å²) in [6.07, 6.45) is 4.91. The molecule has 0 bridgehead atoms. The van der Waals surface area contributed by atoms with E-state index in [0.717, 1.165) is 35.8 Å². The second kappa shape index (κ2) is 9.57. The number of hydrogen-bond acceptors (Lipinski definition) is 7. The van der Waals surface area contributed by atoms with Gasteiger partial charge in [0.05, 0.1) is 22.0 Å². The van der Waals surface area contributed by atoms with Gasteiger partial charge in [0.25, 0.3) is 5.91 Å². The summed E-state index contributed by atoms with van der Waals surface area (Å²) in [5, 5.41) is 13.5. The molecule has 8 nitrogen and oxygen atoms in total. The zero-order valence-electron chi connectivity index (χ0n) is 21.2. The highest BCUT2D eigenvalue weighted by atomic mass is 35.5. The Hall–Kier alpha value is -3.11. The molecule has 11 heteroatoms. The van der Waals surface area contributed by atoms with E-state index < -0.39 is 5.41 Å². The Labute approximate surface area is 229 Å². The third-order valence-electron chi connectivity index (χ3n) is 8.04. The number of carbonyl (C=O) groups excluding carboxylic acids is 2. The number of aromatic nitrogens is 3. The average Bonchev–Trinajstić information content (AvgIpc) is 3.40. The molecular weight excluding hydrogens is 527 g/mol. The zero-order chi connectivity index (χ0) is 26.6. The van der Waals surface area contributed by atoms with Gasteiger partial charge < -0.3 is 15.1 Å². The molecule has 1 aliphatic carbocycles. The van der Waals surface area contributed by atoms with Gasteiger partial charge in [0.2, 0.25) is 11.0 Å². The van der Waals surface area contributed by atoms with Crippen LogP contribution in [0.15, 0.2) is 30.5 Å². The minimum atomic E-state index is -0.881. The molecule has 1 saturated heterocycles. The van der Waals surface area contributed by atoms with Crippen LogP contribution in [-0.2, 0) is 10.2 Å². The first-order valence-electron chi connectivity index (χ1n) is 12.8. The molecule has 0 radical (unpaired) electrons. The minimum Gasteiger partial charge on any atom is -0.349 e. The van der Waals surface area contributed by atoms with Crippen LogP contribution in [0.25, 0.3) is 0 Å². The predicted molar refractivity (Wildman–Crippen MR) is 144 cm³/mol. The first-order chi connectivity index (χ1) is 18.2. The van der Waals surface area contributed by atoms with Crippen molar-refractivity contribution in [1.82, 2.24) is 20.5 Å². The topological polar surface area (TPSA) is 91.3 Å². The molecule has 1 aromatic carbocycles. The van der Waals surface area contributed by atoms with Crippen LogP contribution >= 0.6 is 22.9 Å². The van der Waals surface area contributed by atoms with E-state index in [1.54, 1.807) is 24.0 Å². The molecule has 4 heterocycles. The van der Waals surface area contributed by atoms with E-state index in [2.05, 4.69) is 20.5 Å². The number of carbonyl (C=O) groups is 2. The van der Waals surface area contributed by atoms with Crippen LogP contribution < -0.4 is 15.1 Å². The Morgan fingerprint density at radius 1 is 1.21 bits per heavy atom. The first-order valence-corrected chi connectivity index (χ1v) is 14.0. The molecule has 3 aromatic rings. The van der Waals surface area contributed by atoms with Crippen LogP contribution in [0, 0.1) is 25.6 Å². The quantitative estimate of drug-likeness (QED) is 0.501. The van der Waals surface area contributed by atoms with Gasteiger partial charge in [-0.15, -0.1) is 10.2 Å². The fraction of sp³-hybridized carbons (Fsp3) is 0.444. The molecule has 1 spiro atoms. The van der Waals surface area contributed by atoms with Gasteiger partial charge in [-0.05, 0) is 63.6 Å². The van der Waals surface area contributed by atoms with Crippen LogP contribution in [-0.4, -0.2) is 52.7 Å². The maximum Gasteiger partial charge on any atom is 0.253 e. The minimum absolute atomic E-state index is 0.0329. The van der Waals surface area contributed by atoms with Gasteiger partial charge in [0, 0.05) is 37.4 Å². The van der Waals surface area contributed by atoms with Crippen LogP contribution in [0.3, 0.4) is 0 Å². The van der Waals surface area contributed by atoms with Crippen LogP contribution in [0.5, 0.6) is 0 Å². The maximum absolute atomic E-state index is 15.2. The van der Waals surface area contributed by atoms with Gasteiger partial charge in [-0.3, -0.25) is 14.6 Å². The lowest BCUT2D eigenvalue weighted by atomic mass is 9.74. The summed E-state index contributed by atoms with van der Waals surface area (Å²) in [5.41, 5.74) is 1.44. The summed E-state index contributed by atoms with van der Waals surface area (Å²) in [6.45, 7) is 5.04. The Bertz CT molecular complexity index is 1420. The number of hydrogen-bond donors (Lipinski definition) is 1. The highest BCUT2D eigenvalue weighted by molar-refractivity contribution is 7.15. The number of nitrogens with one attached hydrogen (secondary N) is 1. The van der Waals surface area contributed by atoms with E-state index in [1.165, 1.54) is 23.6 Å². The molecule has 198 valence electrons. The summed E-state index contributed by atoms with van der Waals surface area (Å²) < 4.78 is 15.2. The van der Waals surface area contributed by atoms with Crippen molar-refractivity contribution in [3.8, 4) is 0 Å². The van der Waals surface area contributed by atoms with Gasteiger partial charge in [-0.25, -0.2) is 4.39 Å². The van der Waals surface area contributed by atoms with E-state index in [-0.39, 0.29) is 29.6 Å². The number of nitrogens with zero attached hydrogens (tertiary/aromatic N) is 5. The van der Waals surface area contributed by atoms with Gasteiger partial charge in [0.1, 0.15) is 16.2 Å². The number of benzene rings is 1. The second-order valence-electron chi connectivity index (χ2n) is 10.6. The molecule has 2 amide bonds. The van der Waals surface area contributed by atoms with Crippen molar-refractivity contribution in [3.63, 3.8) is 0 Å². The van der Waals surface area contributed by atoms with E-state index in [0.29, 0.717) is 47.2 Å². The monoisotopic (exact) mass is 554 g/mol. The third kappa shape index (κ3) is 4.23. The average molecular weight is 555 g/mol. The smallest absolute Gasteiger partial charge is 0.253 e. The number of amides is 2. The van der Waals surface area contributed by atoms with Gasteiger partial charge in [-0.2, -0.15) is 0 Å². The molecule has 38 heavy (non-hydrogen) atoms. The third-order valence-corrected chi connectivity index (χ3v) is 9.15. The number of rotatable bonds is 5. The van der Waals surface area contributed by atoms with Gasteiger partial charge >= 0.3 is 0 Å². The Balaban J connectivity index is 1.12. The predicted octanol–water partition coefficient (Wildman–Crippen LogP) is 4.44. The van der Waals surface area contributed by atoms with Crippen molar-refractivity contribution >= 4 is 45.6 Å². The molecule has 1 saturated carbocycles. The normalized spacial score (nSPS) is 21.9. The molecule has 0 atom stereocenters. The fourth-order valence-corrected chi connectivity index (χ4v) is 6.91. The van der Waals surface area contributed by atoms with Crippen molar-refractivity contribution in [2.24, 2.45) is 5.92 Å². The van der Waals surface area contributed by atoms with E-state index in [9.17, 15) is 9.59 Å². The lowest BCUT2D eigenvalue weighted by Crippen LogP contribution is -2.64. The summed E-state index contributed by atoms with van der Waals surface area (Å²) in [4.78, 5) is 34.6. The second-order valence-corrected chi connectivity index (χ2v) is 12.2.